The van der Waals surface area contributed by atoms with E-state index in [9.17, 15) is 4.39 Å². The van der Waals surface area contributed by atoms with Crippen molar-refractivity contribution in [2.45, 2.75) is 33.7 Å². The summed E-state index contributed by atoms with van der Waals surface area (Å²) in [7, 11) is 0. The number of halogens is 1. The molecule has 3 nitrogen and oxygen atoms in total. The van der Waals surface area contributed by atoms with Gasteiger partial charge in [-0.15, -0.1) is 0 Å². The first-order valence-electron chi connectivity index (χ1n) is 6.28. The molecule has 0 saturated heterocycles. The van der Waals surface area contributed by atoms with Crippen LogP contribution in [0.2, 0.25) is 0 Å². The minimum atomic E-state index is -1.31. The van der Waals surface area contributed by atoms with Gasteiger partial charge in [-0.2, -0.15) is 0 Å². The third kappa shape index (κ3) is 3.28. The Balaban J connectivity index is 3.16. The van der Waals surface area contributed by atoms with Crippen molar-refractivity contribution in [1.29, 1.82) is 0 Å². The van der Waals surface area contributed by atoms with E-state index in [-0.39, 0.29) is 5.82 Å². The lowest BCUT2D eigenvalue weighted by molar-refractivity contribution is -0.389. The van der Waals surface area contributed by atoms with E-state index >= 15 is 0 Å². The van der Waals surface area contributed by atoms with Crippen LogP contribution in [0.5, 0.6) is 0 Å². The maximum Gasteiger partial charge on any atom is 0.312 e. The van der Waals surface area contributed by atoms with Crippen molar-refractivity contribution < 1.29 is 18.6 Å². The van der Waals surface area contributed by atoms with Crippen LogP contribution < -0.4 is 0 Å². The van der Waals surface area contributed by atoms with Crippen LogP contribution in [0, 0.1) is 12.7 Å². The number of rotatable bonds is 7. The van der Waals surface area contributed by atoms with Crippen molar-refractivity contribution in [3.8, 4) is 0 Å². The van der Waals surface area contributed by atoms with Gasteiger partial charge in [0.2, 0.25) is 0 Å². The van der Waals surface area contributed by atoms with E-state index in [1.807, 2.05) is 20.8 Å². The van der Waals surface area contributed by atoms with E-state index in [4.69, 9.17) is 14.2 Å². The second-order valence-electron chi connectivity index (χ2n) is 3.82. The number of hydrogen-bond acceptors (Lipinski definition) is 3. The van der Waals surface area contributed by atoms with Gasteiger partial charge in [0.15, 0.2) is 0 Å². The first-order valence-corrected chi connectivity index (χ1v) is 6.28. The minimum Gasteiger partial charge on any atom is -0.324 e. The van der Waals surface area contributed by atoms with Crippen LogP contribution in [0.25, 0.3) is 0 Å². The lowest BCUT2D eigenvalue weighted by Crippen LogP contribution is -2.36. The lowest BCUT2D eigenvalue weighted by atomic mass is 10.1. The molecule has 0 aliphatic rings. The van der Waals surface area contributed by atoms with E-state index < -0.39 is 5.97 Å². The molecule has 18 heavy (non-hydrogen) atoms. The summed E-state index contributed by atoms with van der Waals surface area (Å²) in [4.78, 5) is 0. The summed E-state index contributed by atoms with van der Waals surface area (Å²) in [5.74, 6) is -1.61. The fourth-order valence-corrected chi connectivity index (χ4v) is 1.73. The second-order valence-corrected chi connectivity index (χ2v) is 3.82. The number of hydrogen-bond donors (Lipinski definition) is 0. The molecule has 0 N–H and O–H groups in total. The maximum absolute atomic E-state index is 13.7. The summed E-state index contributed by atoms with van der Waals surface area (Å²) in [5, 5.41) is 0. The molecular weight excluding hydrogens is 235 g/mol. The standard InChI is InChI=1S/C14H21FO3/c1-5-16-14(17-6-2,18-7-3)12-9-8-11(4)13(15)10-12/h8-10H,5-7H2,1-4H3. The molecule has 102 valence electrons. The summed E-state index contributed by atoms with van der Waals surface area (Å²) in [6, 6.07) is 4.85. The summed E-state index contributed by atoms with van der Waals surface area (Å²) in [5.41, 5.74) is 1.12. The highest BCUT2D eigenvalue weighted by atomic mass is 19.1. The molecule has 1 rings (SSSR count). The Bertz CT molecular complexity index is 362. The van der Waals surface area contributed by atoms with E-state index in [0.29, 0.717) is 30.9 Å². The molecule has 0 spiro atoms. The van der Waals surface area contributed by atoms with Gasteiger partial charge >= 0.3 is 5.97 Å². The number of ether oxygens (including phenoxy) is 3. The third-order valence-corrected chi connectivity index (χ3v) is 2.53. The predicted octanol–water partition coefficient (Wildman–Crippen LogP) is 3.35. The van der Waals surface area contributed by atoms with Crippen molar-refractivity contribution in [2.24, 2.45) is 0 Å². The highest BCUT2D eigenvalue weighted by Crippen LogP contribution is 2.30. The fourth-order valence-electron chi connectivity index (χ4n) is 1.73. The van der Waals surface area contributed by atoms with Crippen molar-refractivity contribution >= 4 is 0 Å². The molecule has 0 unspecified atom stereocenters. The molecule has 0 heterocycles. The molecule has 0 fully saturated rings. The normalized spacial score (nSPS) is 11.8. The van der Waals surface area contributed by atoms with Crippen molar-refractivity contribution in [3.05, 3.63) is 35.1 Å². The molecule has 0 radical (unpaired) electrons. The molecule has 4 heteroatoms. The van der Waals surface area contributed by atoms with Crippen LogP contribution in [0.3, 0.4) is 0 Å². The largest absolute Gasteiger partial charge is 0.324 e. The number of benzene rings is 1. The van der Waals surface area contributed by atoms with Gasteiger partial charge in [0, 0.05) is 25.4 Å². The summed E-state index contributed by atoms with van der Waals surface area (Å²) < 4.78 is 30.4. The average Bonchev–Trinajstić information content (AvgIpc) is 2.33. The average molecular weight is 256 g/mol. The van der Waals surface area contributed by atoms with E-state index in [1.165, 1.54) is 6.07 Å². The molecule has 0 aliphatic heterocycles. The Kier molecular flexibility index (Phi) is 5.72. The van der Waals surface area contributed by atoms with Crippen LogP contribution in [0.15, 0.2) is 18.2 Å². The summed E-state index contributed by atoms with van der Waals surface area (Å²) >= 11 is 0. The highest BCUT2D eigenvalue weighted by molar-refractivity contribution is 5.25. The fraction of sp³-hybridized carbons (Fsp3) is 0.571. The zero-order chi connectivity index (χ0) is 13.6. The molecule has 1 aromatic carbocycles. The van der Waals surface area contributed by atoms with Crippen molar-refractivity contribution in [3.63, 3.8) is 0 Å². The van der Waals surface area contributed by atoms with Crippen LogP contribution in [0.4, 0.5) is 4.39 Å². The first-order chi connectivity index (χ1) is 8.59. The molecule has 1 aromatic rings. The SMILES string of the molecule is CCOC(OCC)(OCC)c1ccc(C)c(F)c1. The molecule has 0 amide bonds. The second kappa shape index (κ2) is 6.83. The monoisotopic (exact) mass is 256 g/mol. The lowest BCUT2D eigenvalue weighted by Gasteiger charge is -2.32. The Morgan fingerprint density at radius 3 is 1.89 bits per heavy atom. The highest BCUT2D eigenvalue weighted by Gasteiger charge is 2.35. The van der Waals surface area contributed by atoms with Gasteiger partial charge in [0.25, 0.3) is 0 Å². The van der Waals surface area contributed by atoms with Gasteiger partial charge in [-0.25, -0.2) is 4.39 Å². The van der Waals surface area contributed by atoms with Crippen molar-refractivity contribution in [2.75, 3.05) is 19.8 Å². The van der Waals surface area contributed by atoms with Crippen LogP contribution in [-0.2, 0) is 20.2 Å². The Morgan fingerprint density at radius 2 is 1.50 bits per heavy atom. The predicted molar refractivity (Wildman–Crippen MR) is 67.7 cm³/mol. The molecular formula is C14H21FO3. The number of aryl methyl sites for hydroxylation is 1. The van der Waals surface area contributed by atoms with Crippen LogP contribution in [-0.4, -0.2) is 19.8 Å². The van der Waals surface area contributed by atoms with Gasteiger partial charge in [0.05, 0.1) is 0 Å². The Labute approximate surface area is 108 Å². The smallest absolute Gasteiger partial charge is 0.312 e. The van der Waals surface area contributed by atoms with Crippen LogP contribution in [0.1, 0.15) is 31.9 Å². The first kappa shape index (κ1) is 15.1. The molecule has 0 bridgehead atoms. The van der Waals surface area contributed by atoms with Crippen molar-refractivity contribution in [1.82, 2.24) is 0 Å². The minimum absolute atomic E-state index is 0.295. The maximum atomic E-state index is 13.7. The molecule has 0 aliphatic carbocycles. The van der Waals surface area contributed by atoms with Gasteiger partial charge in [-0.3, -0.25) is 0 Å². The Hall–Kier alpha value is -0.970. The summed E-state index contributed by atoms with van der Waals surface area (Å²) in [6.07, 6.45) is 0. The third-order valence-electron chi connectivity index (χ3n) is 2.53. The van der Waals surface area contributed by atoms with Gasteiger partial charge in [-0.05, 0) is 39.3 Å². The van der Waals surface area contributed by atoms with E-state index in [1.54, 1.807) is 19.1 Å². The molecule has 0 aromatic heterocycles. The topological polar surface area (TPSA) is 27.7 Å². The van der Waals surface area contributed by atoms with Gasteiger partial charge in [0.1, 0.15) is 5.82 Å². The molecule has 0 atom stereocenters. The quantitative estimate of drug-likeness (QED) is 0.700. The van der Waals surface area contributed by atoms with E-state index in [2.05, 4.69) is 0 Å². The molecule has 0 saturated carbocycles. The van der Waals surface area contributed by atoms with Gasteiger partial charge in [-0.1, -0.05) is 12.1 Å². The summed E-state index contributed by atoms with van der Waals surface area (Å²) in [6.45, 7) is 8.48. The zero-order valence-electron chi connectivity index (χ0n) is 11.5. The van der Waals surface area contributed by atoms with Gasteiger partial charge < -0.3 is 14.2 Å². The Morgan fingerprint density at radius 1 is 1.00 bits per heavy atom. The zero-order valence-corrected chi connectivity index (χ0v) is 11.5. The van der Waals surface area contributed by atoms with Crippen LogP contribution >= 0.6 is 0 Å². The van der Waals surface area contributed by atoms with E-state index in [0.717, 1.165) is 0 Å².